The molecule has 2 aliphatic rings. The van der Waals surface area contributed by atoms with Gasteiger partial charge in [0.1, 0.15) is 17.7 Å². The lowest BCUT2D eigenvalue weighted by Crippen LogP contribution is -2.39. The van der Waals surface area contributed by atoms with Crippen LogP contribution in [0, 0.1) is 0 Å². The molecule has 7 heteroatoms. The van der Waals surface area contributed by atoms with Gasteiger partial charge in [-0.2, -0.15) is 0 Å². The number of hydrogen-bond donors (Lipinski definition) is 2. The average Bonchev–Trinajstić information content (AvgIpc) is 3.63. The Hall–Kier alpha value is -4.36. The maximum absolute atomic E-state index is 13.7. The third-order valence-electron chi connectivity index (χ3n) is 6.32. The van der Waals surface area contributed by atoms with Crippen LogP contribution in [-0.2, 0) is 4.79 Å². The van der Waals surface area contributed by atoms with Gasteiger partial charge in [-0.15, -0.1) is 0 Å². The highest BCUT2D eigenvalue weighted by Gasteiger charge is 2.47. The second-order valence-corrected chi connectivity index (χ2v) is 8.18. The molecule has 1 aromatic heterocycles. The number of rotatable bonds is 5. The second kappa shape index (κ2) is 8.20. The van der Waals surface area contributed by atoms with E-state index in [0.717, 1.165) is 33.7 Å². The Morgan fingerprint density at radius 2 is 1.71 bits per heavy atom. The molecule has 2 atom stereocenters. The minimum atomic E-state index is -0.258. The van der Waals surface area contributed by atoms with Crippen molar-refractivity contribution in [3.63, 3.8) is 0 Å². The molecular weight excluding hydrogens is 428 g/mol. The van der Waals surface area contributed by atoms with Gasteiger partial charge < -0.3 is 14.6 Å². The summed E-state index contributed by atoms with van der Waals surface area (Å²) in [5, 5.41) is 0. The fourth-order valence-corrected chi connectivity index (χ4v) is 4.71. The number of anilines is 1. The first-order chi connectivity index (χ1) is 16.7. The largest absolute Gasteiger partial charge is 0.497 e. The molecular formula is C27H22N4O3. The summed E-state index contributed by atoms with van der Waals surface area (Å²) in [6, 6.07) is 25.3. The van der Waals surface area contributed by atoms with Crippen LogP contribution in [0.4, 0.5) is 5.69 Å². The highest BCUT2D eigenvalue weighted by Crippen LogP contribution is 2.47. The van der Waals surface area contributed by atoms with Crippen molar-refractivity contribution >= 4 is 11.6 Å². The van der Waals surface area contributed by atoms with Crippen LogP contribution in [0.1, 0.15) is 23.2 Å². The Morgan fingerprint density at radius 1 is 0.941 bits per heavy atom. The molecule has 2 unspecified atom stereocenters. The fourth-order valence-electron chi connectivity index (χ4n) is 4.71. The average molecular weight is 450 g/mol. The molecule has 3 heterocycles. The molecule has 1 amide bonds. The van der Waals surface area contributed by atoms with E-state index in [0.29, 0.717) is 11.6 Å². The Labute approximate surface area is 196 Å². The van der Waals surface area contributed by atoms with Crippen LogP contribution in [-0.4, -0.2) is 18.0 Å². The molecule has 2 aliphatic heterocycles. The fraction of sp³-hybridized carbons (Fsp3) is 0.111. The maximum Gasteiger partial charge on any atom is 0.276 e. The number of carbonyl (C=O) groups is 1. The van der Waals surface area contributed by atoms with E-state index in [1.807, 2.05) is 71.6 Å². The van der Waals surface area contributed by atoms with E-state index in [-0.39, 0.29) is 18.0 Å². The standard InChI is InChI=1S/C27H22N4O3/c1-33-21-13-9-17(10-14-21)23-22-24(30-29-23)27(32)31(25(22)18-5-3-2-4-6-18)20-11-7-19(8-12-20)26-28-15-16-34-26/h2-16,23,25,29-30H,1H3. The van der Waals surface area contributed by atoms with Gasteiger partial charge >= 0.3 is 0 Å². The molecule has 4 aromatic rings. The second-order valence-electron chi connectivity index (χ2n) is 8.18. The van der Waals surface area contributed by atoms with Crippen molar-refractivity contribution in [2.45, 2.75) is 12.1 Å². The van der Waals surface area contributed by atoms with Crippen molar-refractivity contribution in [2.75, 3.05) is 12.0 Å². The molecule has 0 aliphatic carbocycles. The lowest BCUT2D eigenvalue weighted by atomic mass is 9.90. The lowest BCUT2D eigenvalue weighted by molar-refractivity contribution is -0.115. The van der Waals surface area contributed by atoms with Gasteiger partial charge in [0.25, 0.3) is 5.91 Å². The number of methoxy groups -OCH3 is 1. The summed E-state index contributed by atoms with van der Waals surface area (Å²) in [7, 11) is 1.65. The maximum atomic E-state index is 13.7. The third-order valence-corrected chi connectivity index (χ3v) is 6.32. The first-order valence-corrected chi connectivity index (χ1v) is 11.0. The van der Waals surface area contributed by atoms with E-state index in [4.69, 9.17) is 9.15 Å². The third kappa shape index (κ3) is 3.25. The van der Waals surface area contributed by atoms with E-state index in [1.165, 1.54) is 0 Å². The molecule has 0 saturated heterocycles. The van der Waals surface area contributed by atoms with Crippen molar-refractivity contribution in [2.24, 2.45) is 0 Å². The zero-order chi connectivity index (χ0) is 23.1. The van der Waals surface area contributed by atoms with Gasteiger partial charge in [-0.3, -0.25) is 9.69 Å². The predicted molar refractivity (Wildman–Crippen MR) is 128 cm³/mol. The van der Waals surface area contributed by atoms with Crippen LogP contribution < -0.4 is 20.5 Å². The van der Waals surface area contributed by atoms with E-state index < -0.39 is 0 Å². The van der Waals surface area contributed by atoms with Crippen LogP contribution in [0.3, 0.4) is 0 Å². The molecule has 0 spiro atoms. The molecule has 0 bridgehead atoms. The smallest absolute Gasteiger partial charge is 0.276 e. The molecule has 0 saturated carbocycles. The van der Waals surface area contributed by atoms with E-state index in [9.17, 15) is 4.79 Å². The number of nitrogens with zero attached hydrogens (tertiary/aromatic N) is 2. The van der Waals surface area contributed by atoms with Gasteiger partial charge in [0.15, 0.2) is 0 Å². The van der Waals surface area contributed by atoms with E-state index in [2.05, 4.69) is 28.0 Å². The first-order valence-electron chi connectivity index (χ1n) is 11.0. The molecule has 0 radical (unpaired) electrons. The van der Waals surface area contributed by atoms with Crippen molar-refractivity contribution in [1.29, 1.82) is 0 Å². The van der Waals surface area contributed by atoms with Crippen molar-refractivity contribution in [3.05, 3.63) is 114 Å². The van der Waals surface area contributed by atoms with Crippen LogP contribution >= 0.6 is 0 Å². The Kier molecular flexibility index (Phi) is 4.89. The molecule has 3 aromatic carbocycles. The van der Waals surface area contributed by atoms with Gasteiger partial charge in [-0.25, -0.2) is 10.4 Å². The predicted octanol–water partition coefficient (Wildman–Crippen LogP) is 4.54. The monoisotopic (exact) mass is 450 g/mol. The van der Waals surface area contributed by atoms with Crippen molar-refractivity contribution in [1.82, 2.24) is 15.8 Å². The van der Waals surface area contributed by atoms with E-state index in [1.54, 1.807) is 19.6 Å². The minimum absolute atomic E-state index is 0.0729. The highest BCUT2D eigenvalue weighted by molar-refractivity contribution is 6.10. The Balaban J connectivity index is 1.42. The number of ether oxygens (including phenoxy) is 1. The van der Waals surface area contributed by atoms with Crippen LogP contribution in [0.5, 0.6) is 5.75 Å². The Bertz CT molecular complexity index is 1350. The number of benzene rings is 3. The molecule has 7 nitrogen and oxygen atoms in total. The number of carbonyl (C=O) groups excluding carboxylic acids is 1. The molecule has 0 fully saturated rings. The number of aromatic nitrogens is 1. The SMILES string of the molecule is COc1ccc(C2NNC3=C2C(c2ccccc2)N(c2ccc(-c4ncco4)cc2)C3=O)cc1. The van der Waals surface area contributed by atoms with Crippen LogP contribution in [0.15, 0.2) is 107 Å². The number of amides is 1. The van der Waals surface area contributed by atoms with Crippen LogP contribution in [0.25, 0.3) is 11.5 Å². The molecule has 168 valence electrons. The summed E-state index contributed by atoms with van der Waals surface area (Å²) in [4.78, 5) is 19.7. The quantitative estimate of drug-likeness (QED) is 0.465. The molecule has 2 N–H and O–H groups in total. The summed E-state index contributed by atoms with van der Waals surface area (Å²) in [6.45, 7) is 0. The normalized spacial score (nSPS) is 19.3. The van der Waals surface area contributed by atoms with E-state index >= 15 is 0 Å². The number of oxazole rings is 1. The molecule has 6 rings (SSSR count). The zero-order valence-corrected chi connectivity index (χ0v) is 18.4. The Morgan fingerprint density at radius 3 is 2.38 bits per heavy atom. The zero-order valence-electron chi connectivity index (χ0n) is 18.4. The first kappa shape index (κ1) is 20.3. The summed E-state index contributed by atoms with van der Waals surface area (Å²) in [6.07, 6.45) is 3.16. The summed E-state index contributed by atoms with van der Waals surface area (Å²) < 4.78 is 10.7. The number of hydrazine groups is 1. The van der Waals surface area contributed by atoms with Crippen molar-refractivity contribution < 1.29 is 13.9 Å². The van der Waals surface area contributed by atoms with Crippen LogP contribution in [0.2, 0.25) is 0 Å². The van der Waals surface area contributed by atoms with Gasteiger partial charge in [-0.1, -0.05) is 42.5 Å². The van der Waals surface area contributed by atoms with Gasteiger partial charge in [0, 0.05) is 16.8 Å². The van der Waals surface area contributed by atoms with Gasteiger partial charge in [-0.05, 0) is 47.5 Å². The van der Waals surface area contributed by atoms with Gasteiger partial charge in [0.05, 0.1) is 25.4 Å². The summed E-state index contributed by atoms with van der Waals surface area (Å²) in [5.41, 5.74) is 11.8. The summed E-state index contributed by atoms with van der Waals surface area (Å²) >= 11 is 0. The highest BCUT2D eigenvalue weighted by atomic mass is 16.5. The number of hydrogen-bond acceptors (Lipinski definition) is 6. The number of nitrogens with one attached hydrogen (secondary N) is 2. The summed E-state index contributed by atoms with van der Waals surface area (Å²) in [5.74, 6) is 1.26. The molecule has 34 heavy (non-hydrogen) atoms. The lowest BCUT2D eigenvalue weighted by Gasteiger charge is -2.31. The minimum Gasteiger partial charge on any atom is -0.497 e. The van der Waals surface area contributed by atoms with Crippen molar-refractivity contribution in [3.8, 4) is 17.2 Å². The topological polar surface area (TPSA) is 79.6 Å². The van der Waals surface area contributed by atoms with Gasteiger partial charge in [0.2, 0.25) is 5.89 Å².